The van der Waals surface area contributed by atoms with Gasteiger partial charge in [0.25, 0.3) is 0 Å². The summed E-state index contributed by atoms with van der Waals surface area (Å²) >= 11 is 0. The second-order valence-corrected chi connectivity index (χ2v) is 7.08. The Bertz CT molecular complexity index is 1020. The molecule has 0 aromatic carbocycles. The van der Waals surface area contributed by atoms with Crippen molar-refractivity contribution in [2.75, 3.05) is 12.4 Å². The van der Waals surface area contributed by atoms with E-state index in [0.717, 1.165) is 11.3 Å². The van der Waals surface area contributed by atoms with Crippen molar-refractivity contribution < 1.29 is 4.79 Å². The molecule has 146 valence electrons. The van der Waals surface area contributed by atoms with Crippen LogP contribution in [0.4, 0.5) is 17.6 Å². The fourth-order valence-corrected chi connectivity index (χ4v) is 2.98. The second kappa shape index (κ2) is 7.37. The number of nitrogens with zero attached hydrogens (tertiary/aromatic N) is 6. The average Bonchev–Trinajstić information content (AvgIpc) is 3.27. The van der Waals surface area contributed by atoms with Crippen molar-refractivity contribution in [1.82, 2.24) is 35.3 Å². The molecular weight excluding hydrogens is 358 g/mol. The van der Waals surface area contributed by atoms with Crippen LogP contribution in [0.3, 0.4) is 0 Å². The molecule has 0 saturated heterocycles. The van der Waals surface area contributed by atoms with Gasteiger partial charge in [0.05, 0.1) is 11.6 Å². The third kappa shape index (κ3) is 3.71. The molecule has 0 bridgehead atoms. The monoisotopic (exact) mass is 381 g/mol. The van der Waals surface area contributed by atoms with Crippen LogP contribution in [0, 0.1) is 11.8 Å². The molecule has 1 amide bonds. The number of H-pyrrole nitrogens is 1. The number of rotatable bonds is 7. The number of carbonyl (C=O) groups excluding carboxylic acids is 1. The molecule has 2 unspecified atom stereocenters. The summed E-state index contributed by atoms with van der Waals surface area (Å²) in [6.45, 7) is 3.92. The molecule has 0 aliphatic heterocycles. The first-order valence-electron chi connectivity index (χ1n) is 9.35. The van der Waals surface area contributed by atoms with Crippen molar-refractivity contribution in [2.45, 2.75) is 32.7 Å². The van der Waals surface area contributed by atoms with Gasteiger partial charge in [0.15, 0.2) is 11.6 Å². The summed E-state index contributed by atoms with van der Waals surface area (Å²) in [4.78, 5) is 28.5. The molecule has 2 atom stereocenters. The van der Waals surface area contributed by atoms with Crippen molar-refractivity contribution in [3.05, 3.63) is 18.5 Å². The van der Waals surface area contributed by atoms with E-state index in [2.05, 4.69) is 47.8 Å². The number of anilines is 2. The fourth-order valence-electron chi connectivity index (χ4n) is 2.98. The molecule has 10 nitrogen and oxygen atoms in total. The predicted molar refractivity (Wildman–Crippen MR) is 106 cm³/mol. The number of aromatic nitrogens is 6. The van der Waals surface area contributed by atoms with Gasteiger partial charge in [-0.25, -0.2) is 9.67 Å². The molecule has 28 heavy (non-hydrogen) atoms. The van der Waals surface area contributed by atoms with Gasteiger partial charge >= 0.3 is 0 Å². The van der Waals surface area contributed by atoms with E-state index < -0.39 is 6.04 Å². The van der Waals surface area contributed by atoms with E-state index in [9.17, 15) is 4.79 Å². The Morgan fingerprint density at radius 3 is 2.96 bits per heavy atom. The maximum absolute atomic E-state index is 11.8. The quantitative estimate of drug-likeness (QED) is 0.539. The highest BCUT2D eigenvalue weighted by molar-refractivity contribution is 5.88. The maximum Gasteiger partial charge on any atom is 0.244 e. The standard InChI is InChI=1S/C18H23N9O/c1-10(12-4-5-12)8-21-16-13-6-7-20-15(13)23-18(24-16)22-14-9-27(26-25-14)11(2)17(28)19-3/h6-12H,4-5H2,1-3H3,(H,19,28)(H2,20,22,23,24)/b21-8-. The van der Waals surface area contributed by atoms with E-state index in [1.54, 1.807) is 20.2 Å². The van der Waals surface area contributed by atoms with Crippen LogP contribution in [0.1, 0.15) is 32.7 Å². The van der Waals surface area contributed by atoms with Gasteiger partial charge in [-0.2, -0.15) is 9.97 Å². The van der Waals surface area contributed by atoms with E-state index >= 15 is 0 Å². The summed E-state index contributed by atoms with van der Waals surface area (Å²) in [5.41, 5.74) is 0.690. The first-order valence-corrected chi connectivity index (χ1v) is 9.35. The molecule has 1 aliphatic carbocycles. The minimum Gasteiger partial charge on any atom is -0.357 e. The van der Waals surface area contributed by atoms with Gasteiger partial charge in [0, 0.05) is 19.5 Å². The molecule has 0 radical (unpaired) electrons. The van der Waals surface area contributed by atoms with Crippen LogP contribution in [0.5, 0.6) is 0 Å². The predicted octanol–water partition coefficient (Wildman–Crippen LogP) is 2.35. The summed E-state index contributed by atoms with van der Waals surface area (Å²) < 4.78 is 1.48. The van der Waals surface area contributed by atoms with Crippen LogP contribution in [0.15, 0.2) is 23.5 Å². The number of hydrogen-bond acceptors (Lipinski definition) is 7. The highest BCUT2D eigenvalue weighted by Gasteiger charge is 2.26. The lowest BCUT2D eigenvalue weighted by Gasteiger charge is -2.08. The Labute approximate surface area is 161 Å². The number of aromatic amines is 1. The number of fused-ring (bicyclic) bond motifs is 1. The maximum atomic E-state index is 11.8. The third-order valence-electron chi connectivity index (χ3n) is 4.97. The molecule has 1 fully saturated rings. The van der Waals surface area contributed by atoms with Gasteiger partial charge in [-0.1, -0.05) is 12.1 Å². The van der Waals surface area contributed by atoms with Crippen LogP contribution < -0.4 is 10.6 Å². The Morgan fingerprint density at radius 1 is 1.39 bits per heavy atom. The summed E-state index contributed by atoms with van der Waals surface area (Å²) in [6.07, 6.45) is 7.96. The van der Waals surface area contributed by atoms with E-state index in [1.165, 1.54) is 17.5 Å². The second-order valence-electron chi connectivity index (χ2n) is 7.08. The largest absolute Gasteiger partial charge is 0.357 e. The van der Waals surface area contributed by atoms with E-state index in [0.29, 0.717) is 29.1 Å². The SMILES string of the molecule is CNC(=O)C(C)n1cc(Nc2nc(/N=C\C(C)C3CC3)c3cc[nH]c3n2)nn1. The van der Waals surface area contributed by atoms with Crippen LogP contribution in [-0.4, -0.2) is 49.1 Å². The van der Waals surface area contributed by atoms with Crippen LogP contribution in [-0.2, 0) is 4.79 Å². The van der Waals surface area contributed by atoms with Gasteiger partial charge < -0.3 is 15.6 Å². The molecule has 4 rings (SSSR count). The Kier molecular flexibility index (Phi) is 4.76. The van der Waals surface area contributed by atoms with E-state index in [4.69, 9.17) is 0 Å². The summed E-state index contributed by atoms with van der Waals surface area (Å²) in [5, 5.41) is 14.5. The smallest absolute Gasteiger partial charge is 0.244 e. The van der Waals surface area contributed by atoms with Gasteiger partial charge in [0.2, 0.25) is 11.9 Å². The highest BCUT2D eigenvalue weighted by atomic mass is 16.2. The molecular formula is C18H23N9O. The first-order chi connectivity index (χ1) is 13.5. The van der Waals surface area contributed by atoms with E-state index in [1.807, 2.05) is 18.5 Å². The zero-order valence-corrected chi connectivity index (χ0v) is 16.0. The minimum atomic E-state index is -0.469. The average molecular weight is 381 g/mol. The Balaban J connectivity index is 1.57. The van der Waals surface area contributed by atoms with Crippen molar-refractivity contribution >= 4 is 40.7 Å². The number of carbonyl (C=O) groups is 1. The van der Waals surface area contributed by atoms with Gasteiger partial charge in [0.1, 0.15) is 11.7 Å². The number of aliphatic imine (C=N–C) groups is 1. The lowest BCUT2D eigenvalue weighted by Crippen LogP contribution is -2.28. The third-order valence-corrected chi connectivity index (χ3v) is 4.97. The van der Waals surface area contributed by atoms with Crippen LogP contribution in [0.2, 0.25) is 0 Å². The van der Waals surface area contributed by atoms with Crippen molar-refractivity contribution in [2.24, 2.45) is 16.8 Å². The first kappa shape index (κ1) is 18.1. The lowest BCUT2D eigenvalue weighted by molar-refractivity contribution is -0.123. The normalized spacial score (nSPS) is 16.4. The van der Waals surface area contributed by atoms with Gasteiger partial charge in [-0.15, -0.1) is 5.10 Å². The zero-order chi connectivity index (χ0) is 19.7. The van der Waals surface area contributed by atoms with Gasteiger partial charge in [-0.05, 0) is 37.7 Å². The number of likely N-dealkylation sites (N-methyl/N-ethyl adjacent to an activating group) is 1. The minimum absolute atomic E-state index is 0.151. The molecule has 3 N–H and O–H groups in total. The summed E-state index contributed by atoms with van der Waals surface area (Å²) in [5.74, 6) is 2.44. The fraction of sp³-hybridized carbons (Fsp3) is 0.444. The van der Waals surface area contributed by atoms with Crippen molar-refractivity contribution in [3.63, 3.8) is 0 Å². The Morgan fingerprint density at radius 2 is 2.21 bits per heavy atom. The molecule has 1 aliphatic rings. The lowest BCUT2D eigenvalue weighted by atomic mass is 10.1. The molecule has 10 heteroatoms. The molecule has 3 aromatic heterocycles. The molecule has 1 saturated carbocycles. The van der Waals surface area contributed by atoms with Crippen LogP contribution >= 0.6 is 0 Å². The summed E-state index contributed by atoms with van der Waals surface area (Å²) in [7, 11) is 1.58. The molecule has 3 heterocycles. The topological polar surface area (TPSA) is 126 Å². The van der Waals surface area contributed by atoms with Crippen molar-refractivity contribution in [1.29, 1.82) is 0 Å². The number of nitrogens with one attached hydrogen (secondary N) is 3. The highest BCUT2D eigenvalue weighted by Crippen LogP contribution is 2.36. The molecule has 3 aromatic rings. The van der Waals surface area contributed by atoms with E-state index in [-0.39, 0.29) is 5.91 Å². The molecule has 0 spiro atoms. The Hall–Kier alpha value is -3.30. The number of amides is 1. The zero-order valence-electron chi connectivity index (χ0n) is 16.0. The van der Waals surface area contributed by atoms with Crippen LogP contribution in [0.25, 0.3) is 11.0 Å². The van der Waals surface area contributed by atoms with Gasteiger partial charge in [-0.3, -0.25) is 4.79 Å². The number of hydrogen-bond donors (Lipinski definition) is 3. The van der Waals surface area contributed by atoms with Crippen molar-refractivity contribution in [3.8, 4) is 0 Å². The summed E-state index contributed by atoms with van der Waals surface area (Å²) in [6, 6.07) is 1.44.